The summed E-state index contributed by atoms with van der Waals surface area (Å²) in [4.78, 5) is 14.0. The Balaban J connectivity index is 1.84. The number of alkyl halides is 3. The molecule has 0 aromatic heterocycles. The highest BCUT2D eigenvalue weighted by atomic mass is 32.2. The molecule has 2 atom stereocenters. The van der Waals surface area contributed by atoms with E-state index in [2.05, 4.69) is 0 Å². The van der Waals surface area contributed by atoms with E-state index in [1.807, 2.05) is 11.8 Å². The van der Waals surface area contributed by atoms with Crippen LogP contribution in [0.25, 0.3) is 0 Å². The molecule has 0 aliphatic carbocycles. The number of likely N-dealkylation sites (tertiary alicyclic amines) is 1. The molecule has 2 heterocycles. The summed E-state index contributed by atoms with van der Waals surface area (Å²) in [6.45, 7) is 0.657. The Labute approximate surface area is 113 Å². The summed E-state index contributed by atoms with van der Waals surface area (Å²) >= 11 is 1.84. The Kier molecular flexibility index (Phi) is 3.00. The predicted octanol–water partition coefficient (Wildman–Crippen LogP) is 3.04. The number of nitrogens with zero attached hydrogens (tertiary/aromatic N) is 1. The number of carbonyl (C=O) groups is 1. The average Bonchev–Trinajstić information content (AvgIpc) is 2.99. The molecule has 0 spiro atoms. The Morgan fingerprint density at radius 3 is 2.74 bits per heavy atom. The Bertz CT molecular complexity index is 517. The van der Waals surface area contributed by atoms with Gasteiger partial charge in [0.2, 0.25) is 0 Å². The minimum Gasteiger partial charge on any atom is -0.334 e. The second-order valence-electron chi connectivity index (χ2n) is 4.88. The highest BCUT2D eigenvalue weighted by molar-refractivity contribution is 8.00. The molecular formula is C13H12F3NOS. The van der Waals surface area contributed by atoms with Crippen molar-refractivity contribution in [3.63, 3.8) is 0 Å². The van der Waals surface area contributed by atoms with E-state index >= 15 is 0 Å². The van der Waals surface area contributed by atoms with Gasteiger partial charge in [-0.25, -0.2) is 0 Å². The van der Waals surface area contributed by atoms with Gasteiger partial charge in [-0.1, -0.05) is 6.07 Å². The van der Waals surface area contributed by atoms with Crippen LogP contribution in [0.5, 0.6) is 0 Å². The van der Waals surface area contributed by atoms with E-state index in [4.69, 9.17) is 0 Å². The summed E-state index contributed by atoms with van der Waals surface area (Å²) in [6, 6.07) is 4.87. The summed E-state index contributed by atoms with van der Waals surface area (Å²) in [6.07, 6.45) is -3.44. The van der Waals surface area contributed by atoms with Gasteiger partial charge in [0, 0.05) is 29.2 Å². The van der Waals surface area contributed by atoms with Crippen LogP contribution in [0, 0.1) is 0 Å². The summed E-state index contributed by atoms with van der Waals surface area (Å²) in [5, 5.41) is 0.458. The maximum atomic E-state index is 12.6. The van der Waals surface area contributed by atoms with Gasteiger partial charge in [0.05, 0.1) is 5.56 Å². The van der Waals surface area contributed by atoms with Crippen molar-refractivity contribution in [2.45, 2.75) is 23.9 Å². The van der Waals surface area contributed by atoms with E-state index in [9.17, 15) is 18.0 Å². The number of hydrogen-bond donors (Lipinski definition) is 0. The number of benzene rings is 1. The fourth-order valence-corrected chi connectivity index (χ4v) is 4.08. The quantitative estimate of drug-likeness (QED) is 0.791. The molecule has 2 unspecified atom stereocenters. The van der Waals surface area contributed by atoms with Crippen LogP contribution in [0.2, 0.25) is 0 Å². The van der Waals surface area contributed by atoms with Crippen LogP contribution in [-0.2, 0) is 6.18 Å². The Morgan fingerprint density at radius 2 is 2.16 bits per heavy atom. The zero-order chi connectivity index (χ0) is 13.6. The van der Waals surface area contributed by atoms with E-state index in [-0.39, 0.29) is 17.5 Å². The first-order valence-electron chi connectivity index (χ1n) is 6.05. The second-order valence-corrected chi connectivity index (χ2v) is 6.21. The molecule has 2 nitrogen and oxygen atoms in total. The molecule has 102 valence electrons. The molecule has 0 radical (unpaired) electrons. The van der Waals surface area contributed by atoms with E-state index in [1.165, 1.54) is 12.1 Å². The third-order valence-electron chi connectivity index (χ3n) is 3.60. The number of amides is 1. The third kappa shape index (κ3) is 2.33. The highest BCUT2D eigenvalue weighted by Crippen LogP contribution is 2.38. The SMILES string of the molecule is O=C(c1cccc(C(F)(F)F)c1)N1CC2CC1CS2. The monoisotopic (exact) mass is 287 g/mol. The van der Waals surface area contributed by atoms with Gasteiger partial charge >= 0.3 is 6.18 Å². The zero-order valence-electron chi connectivity index (χ0n) is 9.98. The molecule has 2 fully saturated rings. The summed E-state index contributed by atoms with van der Waals surface area (Å²) in [5.74, 6) is 0.619. The van der Waals surface area contributed by atoms with Gasteiger partial charge in [0.1, 0.15) is 0 Å². The molecule has 1 aromatic carbocycles. The molecule has 1 aromatic rings. The molecule has 2 saturated heterocycles. The molecule has 6 heteroatoms. The molecule has 2 aliphatic rings. The van der Waals surface area contributed by atoms with E-state index < -0.39 is 11.7 Å². The number of thioether (sulfide) groups is 1. The van der Waals surface area contributed by atoms with Gasteiger partial charge in [0.25, 0.3) is 5.91 Å². The minimum atomic E-state index is -4.41. The number of halogens is 3. The van der Waals surface area contributed by atoms with Gasteiger partial charge in [-0.2, -0.15) is 24.9 Å². The lowest BCUT2D eigenvalue weighted by molar-refractivity contribution is -0.137. The predicted molar refractivity (Wildman–Crippen MR) is 67.1 cm³/mol. The number of fused-ring (bicyclic) bond motifs is 2. The zero-order valence-corrected chi connectivity index (χ0v) is 10.8. The lowest BCUT2D eigenvalue weighted by Gasteiger charge is -2.26. The van der Waals surface area contributed by atoms with Gasteiger partial charge < -0.3 is 4.90 Å². The Morgan fingerprint density at radius 1 is 1.37 bits per heavy atom. The standard InChI is InChI=1S/C13H12F3NOS/c14-13(15,16)9-3-1-2-8(4-9)12(18)17-6-11-5-10(17)7-19-11/h1-4,10-11H,5-7H2. The van der Waals surface area contributed by atoms with Crippen LogP contribution in [0.15, 0.2) is 24.3 Å². The Hall–Kier alpha value is -1.17. The fourth-order valence-electron chi connectivity index (χ4n) is 2.64. The van der Waals surface area contributed by atoms with Gasteiger partial charge in [-0.15, -0.1) is 0 Å². The molecule has 1 amide bonds. The van der Waals surface area contributed by atoms with E-state index in [0.29, 0.717) is 11.8 Å². The molecule has 3 rings (SSSR count). The number of rotatable bonds is 1. The smallest absolute Gasteiger partial charge is 0.334 e. The first-order valence-corrected chi connectivity index (χ1v) is 7.10. The van der Waals surface area contributed by atoms with E-state index in [0.717, 1.165) is 24.3 Å². The van der Waals surface area contributed by atoms with Gasteiger partial charge in [-0.3, -0.25) is 4.79 Å². The van der Waals surface area contributed by atoms with Crippen molar-refractivity contribution < 1.29 is 18.0 Å². The van der Waals surface area contributed by atoms with Crippen LogP contribution in [0.4, 0.5) is 13.2 Å². The second kappa shape index (κ2) is 4.44. The topological polar surface area (TPSA) is 20.3 Å². The fraction of sp³-hybridized carbons (Fsp3) is 0.462. The molecule has 2 aliphatic heterocycles. The molecular weight excluding hydrogens is 275 g/mol. The largest absolute Gasteiger partial charge is 0.416 e. The first kappa shape index (κ1) is 12.8. The molecule has 0 saturated carbocycles. The highest BCUT2D eigenvalue weighted by Gasteiger charge is 2.41. The average molecular weight is 287 g/mol. The van der Waals surface area contributed by atoms with Crippen molar-refractivity contribution in [1.82, 2.24) is 4.90 Å². The molecule has 19 heavy (non-hydrogen) atoms. The van der Waals surface area contributed by atoms with Crippen molar-refractivity contribution in [3.05, 3.63) is 35.4 Å². The van der Waals surface area contributed by atoms with Gasteiger partial charge in [-0.05, 0) is 24.6 Å². The van der Waals surface area contributed by atoms with Crippen molar-refractivity contribution in [2.75, 3.05) is 12.3 Å². The maximum Gasteiger partial charge on any atom is 0.416 e. The van der Waals surface area contributed by atoms with Crippen molar-refractivity contribution in [2.24, 2.45) is 0 Å². The summed E-state index contributed by atoms with van der Waals surface area (Å²) in [5.41, 5.74) is -0.635. The molecule has 0 N–H and O–H groups in total. The summed E-state index contributed by atoms with van der Waals surface area (Å²) < 4.78 is 37.9. The molecule has 2 bridgehead atoms. The van der Waals surface area contributed by atoms with Crippen LogP contribution in [0.3, 0.4) is 0 Å². The van der Waals surface area contributed by atoms with Crippen LogP contribution in [0.1, 0.15) is 22.3 Å². The third-order valence-corrected chi connectivity index (χ3v) is 4.99. The van der Waals surface area contributed by atoms with Crippen molar-refractivity contribution >= 4 is 17.7 Å². The lowest BCUT2D eigenvalue weighted by atomic mass is 10.1. The first-order chi connectivity index (χ1) is 8.95. The number of carbonyl (C=O) groups excluding carboxylic acids is 1. The summed E-state index contributed by atoms with van der Waals surface area (Å²) in [7, 11) is 0. The maximum absolute atomic E-state index is 12.6. The number of hydrogen-bond acceptors (Lipinski definition) is 2. The van der Waals surface area contributed by atoms with Crippen LogP contribution < -0.4 is 0 Å². The van der Waals surface area contributed by atoms with Crippen LogP contribution >= 0.6 is 11.8 Å². The van der Waals surface area contributed by atoms with Crippen molar-refractivity contribution in [3.8, 4) is 0 Å². The van der Waals surface area contributed by atoms with Gasteiger partial charge in [0.15, 0.2) is 0 Å². The van der Waals surface area contributed by atoms with Crippen molar-refractivity contribution in [1.29, 1.82) is 0 Å². The van der Waals surface area contributed by atoms with E-state index in [1.54, 1.807) is 4.90 Å². The minimum absolute atomic E-state index is 0.132. The normalized spacial score (nSPS) is 25.9. The van der Waals surface area contributed by atoms with Crippen LogP contribution in [-0.4, -0.2) is 34.4 Å². The lowest BCUT2D eigenvalue weighted by Crippen LogP contribution is -2.39.